The monoisotopic (exact) mass is 398 g/mol. The minimum absolute atomic E-state index is 0.0238. The first kappa shape index (κ1) is 21.0. The molecule has 0 unspecified atom stereocenters. The first-order valence-corrected chi connectivity index (χ1v) is 9.90. The average molecular weight is 399 g/mol. The van der Waals surface area contributed by atoms with Gasteiger partial charge < -0.3 is 16.0 Å². The van der Waals surface area contributed by atoms with Gasteiger partial charge in [0, 0.05) is 19.2 Å². The molecule has 2 amide bonds. The summed E-state index contributed by atoms with van der Waals surface area (Å²) in [5, 5.41) is 17.5. The summed E-state index contributed by atoms with van der Waals surface area (Å²) in [6, 6.07) is 3.85. The Hall–Kier alpha value is -2.74. The Kier molecular flexibility index (Phi) is 5.75. The molecule has 0 spiro atoms. The second-order valence-electron chi connectivity index (χ2n) is 8.40. The summed E-state index contributed by atoms with van der Waals surface area (Å²) < 4.78 is 1.78. The van der Waals surface area contributed by atoms with Gasteiger partial charge >= 0.3 is 0 Å². The highest BCUT2D eigenvalue weighted by atomic mass is 16.2. The molecule has 156 valence electrons. The van der Waals surface area contributed by atoms with Crippen LogP contribution in [0.5, 0.6) is 0 Å². The third-order valence-electron chi connectivity index (χ3n) is 5.53. The molecule has 2 atom stereocenters. The summed E-state index contributed by atoms with van der Waals surface area (Å²) >= 11 is 0. The quantitative estimate of drug-likeness (QED) is 0.709. The topological polar surface area (TPSA) is 101 Å². The third kappa shape index (κ3) is 4.32. The number of nitrogens with zero attached hydrogens (tertiary/aromatic N) is 3. The van der Waals surface area contributed by atoms with Crippen LogP contribution in [0, 0.1) is 20.8 Å². The van der Waals surface area contributed by atoms with Crippen molar-refractivity contribution in [1.82, 2.24) is 30.9 Å². The van der Waals surface area contributed by atoms with E-state index in [-0.39, 0.29) is 23.9 Å². The lowest BCUT2D eigenvalue weighted by Crippen LogP contribution is -2.41. The van der Waals surface area contributed by atoms with Crippen molar-refractivity contribution in [3.8, 4) is 0 Å². The Labute approximate surface area is 171 Å². The highest BCUT2D eigenvalue weighted by Crippen LogP contribution is 2.24. The van der Waals surface area contributed by atoms with Crippen molar-refractivity contribution in [2.24, 2.45) is 0 Å². The van der Waals surface area contributed by atoms with Gasteiger partial charge in [-0.2, -0.15) is 0 Å². The second-order valence-corrected chi connectivity index (χ2v) is 8.40. The van der Waals surface area contributed by atoms with E-state index in [1.165, 1.54) is 0 Å². The van der Waals surface area contributed by atoms with Crippen LogP contribution in [0.3, 0.4) is 0 Å². The molecule has 0 bridgehead atoms. The van der Waals surface area contributed by atoms with E-state index < -0.39 is 5.54 Å². The maximum Gasteiger partial charge on any atom is 0.252 e. The van der Waals surface area contributed by atoms with Gasteiger partial charge in [-0.25, -0.2) is 4.68 Å². The lowest BCUT2D eigenvalue weighted by molar-refractivity contribution is -0.122. The zero-order valence-electron chi connectivity index (χ0n) is 18.0. The smallest absolute Gasteiger partial charge is 0.252 e. The first-order chi connectivity index (χ1) is 13.6. The summed E-state index contributed by atoms with van der Waals surface area (Å²) in [6.45, 7) is 10.4. The number of hydrogen-bond acceptors (Lipinski definition) is 5. The molecule has 8 nitrogen and oxygen atoms in total. The van der Waals surface area contributed by atoms with E-state index in [9.17, 15) is 9.59 Å². The van der Waals surface area contributed by atoms with E-state index in [0.29, 0.717) is 24.2 Å². The molecule has 1 aliphatic heterocycles. The summed E-state index contributed by atoms with van der Waals surface area (Å²) in [5.41, 5.74) is 3.74. The minimum atomic E-state index is -0.689. The maximum atomic E-state index is 13.0. The zero-order valence-corrected chi connectivity index (χ0v) is 18.0. The first-order valence-electron chi connectivity index (χ1n) is 9.90. The van der Waals surface area contributed by atoms with E-state index >= 15 is 0 Å². The van der Waals surface area contributed by atoms with Crippen LogP contribution in [0.15, 0.2) is 18.3 Å². The van der Waals surface area contributed by atoms with Crippen molar-refractivity contribution < 1.29 is 9.59 Å². The van der Waals surface area contributed by atoms with Crippen LogP contribution in [0.25, 0.3) is 0 Å². The van der Waals surface area contributed by atoms with Crippen LogP contribution in [-0.2, 0) is 10.3 Å². The third-order valence-corrected chi connectivity index (χ3v) is 5.53. The van der Waals surface area contributed by atoms with Gasteiger partial charge in [-0.15, -0.1) is 5.10 Å². The summed E-state index contributed by atoms with van der Waals surface area (Å²) in [4.78, 5) is 24.8. The van der Waals surface area contributed by atoms with E-state index in [1.54, 1.807) is 11.7 Å². The molecule has 29 heavy (non-hydrogen) atoms. The van der Waals surface area contributed by atoms with Crippen LogP contribution < -0.4 is 16.0 Å². The molecule has 3 N–H and O–H groups in total. The molecule has 2 aromatic rings. The van der Waals surface area contributed by atoms with E-state index in [1.807, 2.05) is 52.9 Å². The van der Waals surface area contributed by atoms with Gasteiger partial charge in [0.2, 0.25) is 5.91 Å². The number of nitrogens with one attached hydrogen (secondary N) is 3. The number of amides is 2. The number of benzene rings is 1. The molecule has 1 aromatic heterocycles. The number of aryl methyl sites for hydroxylation is 3. The lowest BCUT2D eigenvalue weighted by Gasteiger charge is -2.25. The van der Waals surface area contributed by atoms with Crippen LogP contribution in [0.1, 0.15) is 59.1 Å². The summed E-state index contributed by atoms with van der Waals surface area (Å²) in [5.74, 6) is -0.147. The standard InChI is InChI=1S/C21H30N6O2/c1-12-7-13(2)18(14(3)8-12)20(29)24-21(4,5)17-11-27(26-25-17)15-9-16(23-10-15)19(28)22-6/h7-8,11,15-16,23H,9-10H2,1-6H3,(H,22,28)(H,24,29)/t15-,16-/m0/s1. The fourth-order valence-electron chi connectivity index (χ4n) is 3.98. The van der Waals surface area contributed by atoms with E-state index in [0.717, 1.165) is 16.7 Å². The summed E-state index contributed by atoms with van der Waals surface area (Å²) in [6.07, 6.45) is 2.50. The number of likely N-dealkylation sites (N-methyl/N-ethyl adjacent to an activating group) is 1. The molecule has 1 aromatic carbocycles. The van der Waals surface area contributed by atoms with Gasteiger partial charge in [0.1, 0.15) is 5.69 Å². The van der Waals surface area contributed by atoms with Gasteiger partial charge in [-0.05, 0) is 52.2 Å². The molecule has 1 saturated heterocycles. The Morgan fingerprint density at radius 2 is 1.86 bits per heavy atom. The molecule has 2 heterocycles. The highest BCUT2D eigenvalue weighted by molar-refractivity contribution is 5.97. The van der Waals surface area contributed by atoms with Crippen molar-refractivity contribution in [1.29, 1.82) is 0 Å². The Bertz CT molecular complexity index is 910. The van der Waals surface area contributed by atoms with Gasteiger partial charge in [0.15, 0.2) is 0 Å². The number of carbonyl (C=O) groups is 2. The van der Waals surface area contributed by atoms with Gasteiger partial charge in [-0.3, -0.25) is 9.59 Å². The maximum absolute atomic E-state index is 13.0. The SMILES string of the molecule is CNC(=O)[C@@H]1C[C@H](n2cc(C(C)(C)NC(=O)c3c(C)cc(C)cc3C)nn2)CN1. The summed E-state index contributed by atoms with van der Waals surface area (Å²) in [7, 11) is 1.63. The van der Waals surface area contributed by atoms with Crippen molar-refractivity contribution in [2.45, 2.75) is 58.7 Å². The Morgan fingerprint density at radius 1 is 1.21 bits per heavy atom. The lowest BCUT2D eigenvalue weighted by atomic mass is 9.96. The molecule has 1 fully saturated rings. The molecule has 0 radical (unpaired) electrons. The number of rotatable bonds is 5. The predicted molar refractivity (Wildman–Crippen MR) is 111 cm³/mol. The largest absolute Gasteiger partial charge is 0.358 e. The van der Waals surface area contributed by atoms with Gasteiger partial charge in [0.25, 0.3) is 5.91 Å². The van der Waals surface area contributed by atoms with E-state index in [4.69, 9.17) is 0 Å². The highest BCUT2D eigenvalue weighted by Gasteiger charge is 2.33. The molecule has 8 heteroatoms. The molecular formula is C21H30N6O2. The Balaban J connectivity index is 1.74. The fraction of sp³-hybridized carbons (Fsp3) is 0.524. The van der Waals surface area contributed by atoms with Gasteiger partial charge in [0.05, 0.1) is 23.8 Å². The molecule has 0 aliphatic carbocycles. The number of aromatic nitrogens is 3. The predicted octanol–water partition coefficient (Wildman–Crippen LogP) is 1.52. The van der Waals surface area contributed by atoms with Gasteiger partial charge in [-0.1, -0.05) is 22.9 Å². The normalized spacial score (nSPS) is 19.2. The van der Waals surface area contributed by atoms with Crippen molar-refractivity contribution >= 4 is 11.8 Å². The van der Waals surface area contributed by atoms with Crippen LogP contribution >= 0.6 is 0 Å². The number of carbonyl (C=O) groups excluding carboxylic acids is 2. The molecule has 3 rings (SSSR count). The van der Waals surface area contributed by atoms with Crippen LogP contribution in [-0.4, -0.2) is 46.4 Å². The van der Waals surface area contributed by atoms with Crippen molar-refractivity contribution in [3.05, 3.63) is 46.3 Å². The van der Waals surface area contributed by atoms with Crippen LogP contribution in [0.4, 0.5) is 0 Å². The van der Waals surface area contributed by atoms with Crippen LogP contribution in [0.2, 0.25) is 0 Å². The second kappa shape index (κ2) is 7.94. The fourth-order valence-corrected chi connectivity index (χ4v) is 3.98. The molecule has 1 aliphatic rings. The molecular weight excluding hydrogens is 368 g/mol. The number of hydrogen-bond donors (Lipinski definition) is 3. The van der Waals surface area contributed by atoms with Crippen molar-refractivity contribution in [2.75, 3.05) is 13.6 Å². The molecule has 0 saturated carbocycles. The van der Waals surface area contributed by atoms with Crippen molar-refractivity contribution in [3.63, 3.8) is 0 Å². The minimum Gasteiger partial charge on any atom is -0.358 e. The Morgan fingerprint density at radius 3 is 2.48 bits per heavy atom. The van der Waals surface area contributed by atoms with E-state index in [2.05, 4.69) is 26.3 Å². The average Bonchev–Trinajstić information content (AvgIpc) is 3.29. The zero-order chi connectivity index (χ0) is 21.3.